The van der Waals surface area contributed by atoms with Crippen LogP contribution in [-0.2, 0) is 4.79 Å². The van der Waals surface area contributed by atoms with Gasteiger partial charge in [0.15, 0.2) is 6.04 Å². The fourth-order valence-electron chi connectivity index (χ4n) is 2.63. The van der Waals surface area contributed by atoms with E-state index in [1.807, 2.05) is 13.8 Å². The number of phenolic OH excluding ortho intramolecular Hbond substituents is 1. The highest BCUT2D eigenvalue weighted by molar-refractivity contribution is 6.24. The first-order chi connectivity index (χ1) is 9.81. The van der Waals surface area contributed by atoms with Crippen LogP contribution in [0.15, 0.2) is 24.3 Å². The Bertz CT molecular complexity index is 561. The SMILES string of the molecule is CCC(C)C[N+]1(C)C(=O)C(c2ccc(O)cc2)N(Cl)C1=O. The number of urea groups is 1. The van der Waals surface area contributed by atoms with Gasteiger partial charge in [0.2, 0.25) is 0 Å². The van der Waals surface area contributed by atoms with E-state index in [0.29, 0.717) is 12.1 Å². The third-order valence-corrected chi connectivity index (χ3v) is 4.47. The van der Waals surface area contributed by atoms with Gasteiger partial charge in [-0.05, 0) is 24.1 Å². The summed E-state index contributed by atoms with van der Waals surface area (Å²) in [5, 5.41) is 9.33. The number of imide groups is 1. The van der Waals surface area contributed by atoms with E-state index in [-0.39, 0.29) is 22.1 Å². The van der Waals surface area contributed by atoms with Gasteiger partial charge >= 0.3 is 11.9 Å². The van der Waals surface area contributed by atoms with Crippen LogP contribution in [0.25, 0.3) is 0 Å². The van der Waals surface area contributed by atoms with Crippen molar-refractivity contribution in [3.05, 3.63) is 29.8 Å². The lowest BCUT2D eigenvalue weighted by atomic mass is 10.0. The number of likely N-dealkylation sites (N-methyl/N-ethyl adjacent to an activating group) is 1. The van der Waals surface area contributed by atoms with Crippen molar-refractivity contribution in [2.45, 2.75) is 26.3 Å². The average Bonchev–Trinajstić information content (AvgIpc) is 2.62. The second-order valence-electron chi connectivity index (χ2n) is 5.81. The van der Waals surface area contributed by atoms with Crippen LogP contribution in [0, 0.1) is 5.92 Å². The standard InChI is InChI=1S/C15H19ClN2O3/c1-4-10(2)9-18(3)14(20)13(17(16)15(18)21)11-5-7-12(19)8-6-11/h5-8,10,13H,4,9H2,1-3H3/p+1. The van der Waals surface area contributed by atoms with Crippen molar-refractivity contribution in [1.29, 1.82) is 0 Å². The molecule has 0 radical (unpaired) electrons. The van der Waals surface area contributed by atoms with Gasteiger partial charge in [0.1, 0.15) is 5.75 Å². The molecule has 0 saturated carbocycles. The molecule has 3 amide bonds. The van der Waals surface area contributed by atoms with E-state index in [9.17, 15) is 14.7 Å². The largest absolute Gasteiger partial charge is 0.508 e. The van der Waals surface area contributed by atoms with Crippen molar-refractivity contribution in [1.82, 2.24) is 4.42 Å². The van der Waals surface area contributed by atoms with Gasteiger partial charge in [0.05, 0.1) is 13.6 Å². The van der Waals surface area contributed by atoms with Crippen LogP contribution in [0.1, 0.15) is 31.9 Å². The molecule has 1 aliphatic rings. The predicted molar refractivity (Wildman–Crippen MR) is 79.4 cm³/mol. The number of amides is 3. The molecule has 0 aliphatic carbocycles. The zero-order valence-electron chi connectivity index (χ0n) is 12.4. The van der Waals surface area contributed by atoms with Crippen LogP contribution in [0.2, 0.25) is 0 Å². The molecule has 2 rings (SSSR count). The van der Waals surface area contributed by atoms with Crippen LogP contribution < -0.4 is 0 Å². The fourth-order valence-corrected chi connectivity index (χ4v) is 3.00. The number of quaternary nitrogens is 1. The minimum atomic E-state index is -0.811. The molecule has 0 aromatic heterocycles. The molecule has 1 N–H and O–H groups in total. The Morgan fingerprint density at radius 3 is 2.43 bits per heavy atom. The maximum Gasteiger partial charge on any atom is 0.442 e. The number of hydrogen-bond acceptors (Lipinski definition) is 3. The summed E-state index contributed by atoms with van der Waals surface area (Å²) >= 11 is 6.09. The van der Waals surface area contributed by atoms with Gasteiger partial charge in [-0.3, -0.25) is 0 Å². The number of aromatic hydroxyl groups is 1. The second-order valence-corrected chi connectivity index (χ2v) is 6.18. The van der Waals surface area contributed by atoms with E-state index in [0.717, 1.165) is 10.8 Å². The van der Waals surface area contributed by atoms with E-state index in [1.54, 1.807) is 19.2 Å². The van der Waals surface area contributed by atoms with E-state index < -0.39 is 12.1 Å². The smallest absolute Gasteiger partial charge is 0.442 e. The fraction of sp³-hybridized carbons (Fsp3) is 0.467. The number of carbonyl (C=O) groups excluding carboxylic acids is 2. The summed E-state index contributed by atoms with van der Waals surface area (Å²) in [6.07, 6.45) is 0.889. The van der Waals surface area contributed by atoms with Gasteiger partial charge in [-0.2, -0.15) is 8.90 Å². The lowest BCUT2D eigenvalue weighted by Gasteiger charge is -2.25. The average molecular weight is 312 g/mol. The molecule has 1 heterocycles. The topological polar surface area (TPSA) is 57.6 Å². The number of hydrogen-bond donors (Lipinski definition) is 1. The van der Waals surface area contributed by atoms with Crippen LogP contribution in [0.3, 0.4) is 0 Å². The summed E-state index contributed by atoms with van der Waals surface area (Å²) in [5.41, 5.74) is 0.604. The monoisotopic (exact) mass is 311 g/mol. The highest BCUT2D eigenvalue weighted by Gasteiger charge is 2.58. The Kier molecular flexibility index (Phi) is 4.25. The number of rotatable bonds is 4. The van der Waals surface area contributed by atoms with Gasteiger partial charge < -0.3 is 5.11 Å². The Hall–Kier alpha value is -1.59. The lowest BCUT2D eigenvalue weighted by molar-refractivity contribution is -0.751. The van der Waals surface area contributed by atoms with Crippen molar-refractivity contribution < 1.29 is 19.2 Å². The number of halogens is 1. The maximum atomic E-state index is 12.7. The molecule has 3 atom stereocenters. The Balaban J connectivity index is 2.36. The first-order valence-corrected chi connectivity index (χ1v) is 7.33. The molecule has 1 saturated heterocycles. The number of benzene rings is 1. The molecule has 0 spiro atoms. The van der Waals surface area contributed by atoms with E-state index in [2.05, 4.69) is 0 Å². The Morgan fingerprint density at radius 2 is 1.90 bits per heavy atom. The van der Waals surface area contributed by atoms with Crippen molar-refractivity contribution in [3.8, 4) is 5.75 Å². The van der Waals surface area contributed by atoms with E-state index in [4.69, 9.17) is 11.8 Å². The molecular formula is C15H20ClN2O3+. The summed E-state index contributed by atoms with van der Waals surface area (Å²) in [5.74, 6) is 0.112. The van der Waals surface area contributed by atoms with Crippen molar-refractivity contribution in [2.75, 3.05) is 13.6 Å². The molecule has 114 valence electrons. The molecule has 6 heteroatoms. The zero-order chi connectivity index (χ0) is 15.8. The van der Waals surface area contributed by atoms with Gasteiger partial charge in [-0.25, -0.2) is 9.59 Å². The van der Waals surface area contributed by atoms with Gasteiger partial charge in [-0.15, -0.1) is 0 Å². The van der Waals surface area contributed by atoms with Crippen LogP contribution in [-0.4, -0.2) is 39.5 Å². The molecular weight excluding hydrogens is 292 g/mol. The highest BCUT2D eigenvalue weighted by Crippen LogP contribution is 2.37. The predicted octanol–water partition coefficient (Wildman–Crippen LogP) is 3.04. The van der Waals surface area contributed by atoms with E-state index >= 15 is 0 Å². The third-order valence-electron chi connectivity index (χ3n) is 4.13. The maximum absolute atomic E-state index is 12.7. The summed E-state index contributed by atoms with van der Waals surface area (Å²) in [6.45, 7) is 4.47. The second kappa shape index (κ2) is 5.66. The molecule has 3 unspecified atom stereocenters. The summed E-state index contributed by atoms with van der Waals surface area (Å²) in [4.78, 5) is 25.2. The number of nitrogens with zero attached hydrogens (tertiary/aromatic N) is 2. The van der Waals surface area contributed by atoms with Crippen molar-refractivity contribution in [3.63, 3.8) is 0 Å². The first-order valence-electron chi connectivity index (χ1n) is 6.99. The molecule has 1 aromatic rings. The molecule has 1 fully saturated rings. The normalized spacial score (nSPS) is 27.2. The quantitative estimate of drug-likeness (QED) is 0.528. The van der Waals surface area contributed by atoms with Crippen molar-refractivity contribution in [2.24, 2.45) is 5.92 Å². The van der Waals surface area contributed by atoms with Crippen LogP contribution in [0.5, 0.6) is 5.75 Å². The summed E-state index contributed by atoms with van der Waals surface area (Å²) in [7, 11) is 1.62. The summed E-state index contributed by atoms with van der Waals surface area (Å²) in [6, 6.07) is 4.97. The highest BCUT2D eigenvalue weighted by atomic mass is 35.5. The third kappa shape index (κ3) is 2.63. The Morgan fingerprint density at radius 1 is 1.33 bits per heavy atom. The molecule has 1 aliphatic heterocycles. The zero-order valence-corrected chi connectivity index (χ0v) is 13.2. The molecule has 0 bridgehead atoms. The minimum absolute atomic E-state index is 0.105. The number of phenols is 1. The first kappa shape index (κ1) is 15.8. The van der Waals surface area contributed by atoms with Crippen molar-refractivity contribution >= 4 is 23.7 Å². The molecule has 21 heavy (non-hydrogen) atoms. The van der Waals surface area contributed by atoms with Gasteiger partial charge in [0.25, 0.3) is 0 Å². The van der Waals surface area contributed by atoms with Crippen LogP contribution in [0.4, 0.5) is 4.79 Å². The van der Waals surface area contributed by atoms with Gasteiger partial charge in [-0.1, -0.05) is 26.0 Å². The van der Waals surface area contributed by atoms with Gasteiger partial charge in [0, 0.05) is 17.7 Å². The Labute approximate surface area is 129 Å². The minimum Gasteiger partial charge on any atom is -0.508 e. The molecule has 5 nitrogen and oxygen atoms in total. The lowest BCUT2D eigenvalue weighted by Crippen LogP contribution is -2.52. The summed E-state index contributed by atoms with van der Waals surface area (Å²) < 4.78 is 0.668. The van der Waals surface area contributed by atoms with Crippen LogP contribution >= 0.6 is 11.8 Å². The molecule has 1 aromatic carbocycles. The van der Waals surface area contributed by atoms with E-state index in [1.165, 1.54) is 12.1 Å². The number of carbonyl (C=O) groups is 2.